The van der Waals surface area contributed by atoms with Gasteiger partial charge in [0.1, 0.15) is 0 Å². The highest BCUT2D eigenvalue weighted by Gasteiger charge is 2.10. The Morgan fingerprint density at radius 3 is 2.75 bits per heavy atom. The summed E-state index contributed by atoms with van der Waals surface area (Å²) >= 11 is 13.1. The Kier molecular flexibility index (Phi) is 6.91. The van der Waals surface area contributed by atoms with Crippen molar-refractivity contribution in [1.82, 2.24) is 15.6 Å². The number of benzene rings is 1. The van der Waals surface area contributed by atoms with E-state index >= 15 is 0 Å². The number of carbonyl (C=O) groups excluding carboxylic acids is 2. The summed E-state index contributed by atoms with van der Waals surface area (Å²) in [5, 5.41) is 11.3. The first-order chi connectivity index (χ1) is 13.5. The van der Waals surface area contributed by atoms with Gasteiger partial charge in [0.05, 0.1) is 22.0 Å². The zero-order chi connectivity index (χ0) is 19.9. The van der Waals surface area contributed by atoms with E-state index in [9.17, 15) is 9.59 Å². The van der Waals surface area contributed by atoms with Crippen LogP contribution in [0.5, 0.6) is 0 Å². The van der Waals surface area contributed by atoms with E-state index in [0.29, 0.717) is 34.7 Å². The summed E-state index contributed by atoms with van der Waals surface area (Å²) < 4.78 is 5.02. The number of urea groups is 1. The lowest BCUT2D eigenvalue weighted by Crippen LogP contribution is -2.28. The maximum atomic E-state index is 12.0. The highest BCUT2D eigenvalue weighted by molar-refractivity contribution is 7.13. The summed E-state index contributed by atoms with van der Waals surface area (Å²) in [7, 11) is 0. The summed E-state index contributed by atoms with van der Waals surface area (Å²) in [6, 6.07) is 8.03. The Morgan fingerprint density at radius 1 is 1.14 bits per heavy atom. The third kappa shape index (κ3) is 5.72. The fourth-order valence-electron chi connectivity index (χ4n) is 2.25. The maximum Gasteiger partial charge on any atom is 0.321 e. The van der Waals surface area contributed by atoms with Gasteiger partial charge in [0, 0.05) is 24.9 Å². The largest absolute Gasteiger partial charge is 0.459 e. The lowest BCUT2D eigenvalue weighted by Gasteiger charge is -2.06. The summed E-state index contributed by atoms with van der Waals surface area (Å²) in [6.45, 7) is 0.714. The lowest BCUT2D eigenvalue weighted by molar-refractivity contribution is 0.0926. The molecule has 7 nitrogen and oxygen atoms in total. The molecule has 3 N–H and O–H groups in total. The topological polar surface area (TPSA) is 96.3 Å². The van der Waals surface area contributed by atoms with Crippen molar-refractivity contribution in [2.24, 2.45) is 0 Å². The molecule has 0 aliphatic rings. The number of aromatic nitrogens is 1. The highest BCUT2D eigenvalue weighted by Crippen LogP contribution is 2.22. The van der Waals surface area contributed by atoms with Gasteiger partial charge >= 0.3 is 6.03 Å². The summed E-state index contributed by atoms with van der Waals surface area (Å²) in [4.78, 5) is 28.1. The molecule has 3 rings (SSSR count). The molecule has 28 heavy (non-hydrogen) atoms. The highest BCUT2D eigenvalue weighted by atomic mass is 35.5. The van der Waals surface area contributed by atoms with E-state index in [1.807, 2.05) is 5.38 Å². The van der Waals surface area contributed by atoms with E-state index in [4.69, 9.17) is 27.6 Å². The van der Waals surface area contributed by atoms with Crippen LogP contribution in [0.2, 0.25) is 10.0 Å². The van der Waals surface area contributed by atoms with Crippen LogP contribution in [0.1, 0.15) is 21.8 Å². The van der Waals surface area contributed by atoms with Gasteiger partial charge in [-0.05, 0) is 29.8 Å². The summed E-state index contributed by atoms with van der Waals surface area (Å²) in [6.07, 6.45) is 1.98. The average Bonchev–Trinajstić information content (AvgIpc) is 3.35. The van der Waals surface area contributed by atoms with Gasteiger partial charge in [-0.3, -0.25) is 10.1 Å². The molecule has 0 aliphatic carbocycles. The minimum atomic E-state index is -0.377. The zero-order valence-electron chi connectivity index (χ0n) is 14.5. The minimum Gasteiger partial charge on any atom is -0.459 e. The van der Waals surface area contributed by atoms with Crippen molar-refractivity contribution in [1.29, 1.82) is 0 Å². The minimum absolute atomic E-state index is 0.263. The van der Waals surface area contributed by atoms with Gasteiger partial charge < -0.3 is 15.1 Å². The Hall–Kier alpha value is -2.55. The standard InChI is InChI=1S/C18H16Cl2N4O3S/c19-13-4-3-11(8-14(13)20)9-22-17(26)24-18-23-12(10-28-18)5-6-21-16(25)15-2-1-7-27-15/h1-4,7-8,10H,5-6,9H2,(H,21,25)(H2,22,23,24,26). The Morgan fingerprint density at radius 2 is 2.00 bits per heavy atom. The average molecular weight is 439 g/mol. The summed E-state index contributed by atoms with van der Waals surface area (Å²) in [5.74, 6) is -0.0143. The number of nitrogens with zero attached hydrogens (tertiary/aromatic N) is 1. The first kappa shape index (κ1) is 20.2. The first-order valence-corrected chi connectivity index (χ1v) is 9.89. The maximum absolute atomic E-state index is 12.0. The van der Waals surface area contributed by atoms with Gasteiger partial charge in [-0.1, -0.05) is 29.3 Å². The third-order valence-corrected chi connectivity index (χ3v) is 5.17. The van der Waals surface area contributed by atoms with Crippen LogP contribution in [0.25, 0.3) is 0 Å². The number of halogens is 2. The van der Waals surface area contributed by atoms with Crippen molar-refractivity contribution in [2.75, 3.05) is 11.9 Å². The Labute approximate surface area is 175 Å². The van der Waals surface area contributed by atoms with Crippen molar-refractivity contribution in [3.63, 3.8) is 0 Å². The van der Waals surface area contributed by atoms with E-state index in [1.165, 1.54) is 17.6 Å². The molecule has 3 aromatic rings. The molecule has 0 aliphatic heterocycles. The third-order valence-electron chi connectivity index (χ3n) is 3.62. The second-order valence-electron chi connectivity index (χ2n) is 5.68. The number of amides is 3. The molecular formula is C18H16Cl2N4O3S. The Balaban J connectivity index is 1.41. The van der Waals surface area contributed by atoms with Crippen molar-refractivity contribution >= 4 is 51.6 Å². The molecule has 2 aromatic heterocycles. The summed E-state index contributed by atoms with van der Waals surface area (Å²) in [5.41, 5.74) is 1.60. The van der Waals surface area contributed by atoms with Crippen LogP contribution in [0, 0.1) is 0 Å². The number of thiazole rings is 1. The molecule has 0 fully saturated rings. The molecule has 1 aromatic carbocycles. The molecule has 3 amide bonds. The fourth-order valence-corrected chi connectivity index (χ4v) is 3.31. The molecule has 146 valence electrons. The predicted molar refractivity (Wildman–Crippen MR) is 109 cm³/mol. The fraction of sp³-hybridized carbons (Fsp3) is 0.167. The van der Waals surface area contributed by atoms with Gasteiger partial charge in [-0.2, -0.15) is 0 Å². The molecule has 0 bridgehead atoms. The number of nitrogens with one attached hydrogen (secondary N) is 3. The number of anilines is 1. The second-order valence-corrected chi connectivity index (χ2v) is 7.36. The predicted octanol–water partition coefficient (Wildman–Crippen LogP) is 4.34. The number of carbonyl (C=O) groups is 2. The van der Waals surface area contributed by atoms with Gasteiger partial charge in [0.25, 0.3) is 5.91 Å². The molecule has 0 saturated heterocycles. The smallest absolute Gasteiger partial charge is 0.321 e. The number of hydrogen-bond acceptors (Lipinski definition) is 5. The van der Waals surface area contributed by atoms with Crippen LogP contribution >= 0.6 is 34.5 Å². The van der Waals surface area contributed by atoms with E-state index < -0.39 is 0 Å². The van der Waals surface area contributed by atoms with Crippen LogP contribution in [0.15, 0.2) is 46.4 Å². The van der Waals surface area contributed by atoms with E-state index in [0.717, 1.165) is 11.3 Å². The molecule has 0 spiro atoms. The van der Waals surface area contributed by atoms with Crippen LogP contribution in [-0.2, 0) is 13.0 Å². The van der Waals surface area contributed by atoms with E-state index in [1.54, 1.807) is 30.3 Å². The van der Waals surface area contributed by atoms with Gasteiger partial charge in [0.15, 0.2) is 10.9 Å². The van der Waals surface area contributed by atoms with E-state index in [2.05, 4.69) is 20.9 Å². The lowest BCUT2D eigenvalue weighted by atomic mass is 10.2. The van der Waals surface area contributed by atoms with Gasteiger partial charge in [-0.15, -0.1) is 11.3 Å². The van der Waals surface area contributed by atoms with E-state index in [-0.39, 0.29) is 17.7 Å². The second kappa shape index (κ2) is 9.59. The van der Waals surface area contributed by atoms with Crippen LogP contribution < -0.4 is 16.0 Å². The van der Waals surface area contributed by atoms with Gasteiger partial charge in [-0.25, -0.2) is 9.78 Å². The number of hydrogen-bond donors (Lipinski definition) is 3. The normalized spacial score (nSPS) is 10.5. The van der Waals surface area contributed by atoms with Gasteiger partial charge in [0.2, 0.25) is 0 Å². The van der Waals surface area contributed by atoms with Crippen LogP contribution in [0.4, 0.5) is 9.93 Å². The Bertz CT molecular complexity index is 960. The molecule has 0 unspecified atom stereocenters. The van der Waals surface area contributed by atoms with Crippen LogP contribution in [-0.4, -0.2) is 23.5 Å². The SMILES string of the molecule is O=C(NCc1ccc(Cl)c(Cl)c1)Nc1nc(CCNC(=O)c2ccco2)cs1. The molecule has 10 heteroatoms. The van der Waals surface area contributed by atoms with Crippen molar-refractivity contribution in [3.05, 3.63) is 69.0 Å². The monoisotopic (exact) mass is 438 g/mol. The number of furan rings is 1. The first-order valence-electron chi connectivity index (χ1n) is 8.26. The van der Waals surface area contributed by atoms with Crippen molar-refractivity contribution in [2.45, 2.75) is 13.0 Å². The molecule has 0 saturated carbocycles. The van der Waals surface area contributed by atoms with Crippen LogP contribution in [0.3, 0.4) is 0 Å². The molecular weight excluding hydrogens is 423 g/mol. The van der Waals surface area contributed by atoms with Crippen molar-refractivity contribution < 1.29 is 14.0 Å². The number of rotatable bonds is 7. The molecule has 2 heterocycles. The molecule has 0 radical (unpaired) electrons. The zero-order valence-corrected chi connectivity index (χ0v) is 16.8. The molecule has 0 atom stereocenters. The van der Waals surface area contributed by atoms with Crippen molar-refractivity contribution in [3.8, 4) is 0 Å². The quantitative estimate of drug-likeness (QED) is 0.511.